The largest absolute Gasteiger partial charge is 0.481 e. The van der Waals surface area contributed by atoms with E-state index in [4.69, 9.17) is 10.8 Å². The monoisotopic (exact) mass is 364 g/mol. The number of halogens is 3. The molecule has 0 bridgehead atoms. The summed E-state index contributed by atoms with van der Waals surface area (Å²) in [5.74, 6) is -2.78. The van der Waals surface area contributed by atoms with Gasteiger partial charge in [0, 0.05) is 12.2 Å². The van der Waals surface area contributed by atoms with Crippen LogP contribution in [0, 0.1) is 5.92 Å². The Morgan fingerprint density at radius 2 is 2.09 bits per heavy atom. The van der Waals surface area contributed by atoms with Crippen molar-refractivity contribution >= 4 is 45.2 Å². The number of primary amides is 1. The molecule has 1 heterocycles. The van der Waals surface area contributed by atoms with Crippen molar-refractivity contribution in [1.82, 2.24) is 4.98 Å². The first-order chi connectivity index (χ1) is 10.7. The molecular weight excluding hydrogens is 353 g/mol. The van der Waals surface area contributed by atoms with Crippen LogP contribution in [0.15, 0.2) is 22.5 Å². The number of hydrogen-bond donors (Lipinski definition) is 2. The number of thiazole rings is 1. The first-order valence-electron chi connectivity index (χ1n) is 6.28. The number of rotatable bonds is 6. The number of carbonyl (C=O) groups excluding carboxylic acids is 1. The summed E-state index contributed by atoms with van der Waals surface area (Å²) in [5, 5.41) is 9.00. The first kappa shape index (κ1) is 17.5. The van der Waals surface area contributed by atoms with E-state index in [2.05, 4.69) is 4.98 Å². The van der Waals surface area contributed by atoms with Crippen LogP contribution < -0.4 is 5.73 Å². The van der Waals surface area contributed by atoms with Crippen LogP contribution in [0.2, 0.25) is 0 Å². The zero-order valence-electron chi connectivity index (χ0n) is 11.5. The number of amides is 1. The number of benzene rings is 1. The Morgan fingerprint density at radius 3 is 2.65 bits per heavy atom. The maximum Gasteiger partial charge on any atom is 0.416 e. The minimum atomic E-state index is -4.43. The lowest BCUT2D eigenvalue weighted by molar-refractivity contribution is -0.142. The Morgan fingerprint density at radius 1 is 1.39 bits per heavy atom. The number of carboxylic acids is 1. The molecule has 3 N–H and O–H groups in total. The van der Waals surface area contributed by atoms with Crippen molar-refractivity contribution in [3.8, 4) is 0 Å². The molecule has 0 aliphatic heterocycles. The van der Waals surface area contributed by atoms with Crippen molar-refractivity contribution in [3.05, 3.63) is 23.8 Å². The summed E-state index contributed by atoms with van der Waals surface area (Å²) in [7, 11) is 0. The second-order valence-electron chi connectivity index (χ2n) is 4.68. The van der Waals surface area contributed by atoms with E-state index in [0.717, 1.165) is 35.2 Å². The van der Waals surface area contributed by atoms with Crippen molar-refractivity contribution in [2.24, 2.45) is 11.7 Å². The molecule has 1 amide bonds. The van der Waals surface area contributed by atoms with Crippen LogP contribution >= 0.6 is 23.1 Å². The van der Waals surface area contributed by atoms with Crippen LogP contribution in [0.5, 0.6) is 0 Å². The summed E-state index contributed by atoms with van der Waals surface area (Å²) in [6.07, 6.45) is -4.73. The molecule has 0 radical (unpaired) electrons. The molecule has 2 rings (SSSR count). The van der Waals surface area contributed by atoms with Crippen molar-refractivity contribution < 1.29 is 27.9 Å². The number of nitrogens with two attached hydrogens (primary N) is 1. The molecule has 1 atom stereocenters. The fourth-order valence-corrected chi connectivity index (χ4v) is 3.99. The van der Waals surface area contributed by atoms with E-state index in [0.29, 0.717) is 14.6 Å². The van der Waals surface area contributed by atoms with E-state index in [1.165, 1.54) is 6.07 Å². The predicted molar refractivity (Wildman–Crippen MR) is 80.3 cm³/mol. The molecule has 0 spiro atoms. The number of alkyl halides is 3. The lowest BCUT2D eigenvalue weighted by Gasteiger charge is -2.07. The third-order valence-electron chi connectivity index (χ3n) is 2.90. The number of nitrogens with zero attached hydrogens (tertiary/aromatic N) is 1. The summed E-state index contributed by atoms with van der Waals surface area (Å²) < 4.78 is 38.8. The van der Waals surface area contributed by atoms with Gasteiger partial charge >= 0.3 is 12.1 Å². The van der Waals surface area contributed by atoms with E-state index in [9.17, 15) is 22.8 Å². The second kappa shape index (κ2) is 6.75. The SMILES string of the molecule is NC(=O)CC(CSc1nc2ccc(C(F)(F)F)cc2s1)C(=O)O. The van der Waals surface area contributed by atoms with Gasteiger partial charge in [-0.15, -0.1) is 11.3 Å². The predicted octanol–water partition coefficient (Wildman–Crippen LogP) is 2.98. The molecule has 23 heavy (non-hydrogen) atoms. The van der Waals surface area contributed by atoms with Gasteiger partial charge in [-0.05, 0) is 18.2 Å². The summed E-state index contributed by atoms with van der Waals surface area (Å²) in [4.78, 5) is 26.0. The third-order valence-corrected chi connectivity index (χ3v) is 5.22. The smallest absolute Gasteiger partial charge is 0.416 e. The van der Waals surface area contributed by atoms with Crippen LogP contribution in [0.3, 0.4) is 0 Å². The fourth-order valence-electron chi connectivity index (χ4n) is 1.77. The van der Waals surface area contributed by atoms with Crippen molar-refractivity contribution in [2.45, 2.75) is 16.9 Å². The molecule has 10 heteroatoms. The first-order valence-corrected chi connectivity index (χ1v) is 8.08. The molecule has 2 aromatic rings. The average molecular weight is 364 g/mol. The fraction of sp³-hybridized carbons (Fsp3) is 0.308. The standard InChI is InChI=1S/C13H11F3N2O3S2/c14-13(15,16)7-1-2-8-9(4-7)23-12(18-8)22-5-6(11(20)21)3-10(17)19/h1-2,4,6H,3,5H2,(H2,17,19)(H,20,21). The van der Waals surface area contributed by atoms with Gasteiger partial charge in [0.25, 0.3) is 0 Å². The van der Waals surface area contributed by atoms with Crippen LogP contribution in [-0.4, -0.2) is 27.7 Å². The Balaban J connectivity index is 2.14. The van der Waals surface area contributed by atoms with Crippen molar-refractivity contribution in [3.63, 3.8) is 0 Å². The average Bonchev–Trinajstić information content (AvgIpc) is 2.83. The van der Waals surface area contributed by atoms with Crippen LogP contribution in [0.1, 0.15) is 12.0 Å². The lowest BCUT2D eigenvalue weighted by Crippen LogP contribution is -2.24. The number of carboxylic acid groups (broad SMARTS) is 1. The molecule has 1 aromatic carbocycles. The highest BCUT2D eigenvalue weighted by atomic mass is 32.2. The van der Waals surface area contributed by atoms with Gasteiger partial charge in [0.1, 0.15) is 0 Å². The Kier molecular flexibility index (Phi) is 5.15. The summed E-state index contributed by atoms with van der Waals surface area (Å²) in [5.41, 5.74) is 4.64. The maximum absolute atomic E-state index is 12.7. The minimum absolute atomic E-state index is 0.0597. The number of carbonyl (C=O) groups is 2. The summed E-state index contributed by atoms with van der Waals surface area (Å²) >= 11 is 2.12. The molecule has 0 saturated carbocycles. The molecule has 0 fully saturated rings. The Bertz CT molecular complexity index is 746. The van der Waals surface area contributed by atoms with E-state index in [-0.39, 0.29) is 12.2 Å². The Labute approximate surface area is 136 Å². The van der Waals surface area contributed by atoms with Gasteiger partial charge in [0.15, 0.2) is 4.34 Å². The number of hydrogen-bond acceptors (Lipinski definition) is 5. The zero-order valence-corrected chi connectivity index (χ0v) is 13.1. The highest BCUT2D eigenvalue weighted by Crippen LogP contribution is 2.36. The summed E-state index contributed by atoms with van der Waals surface area (Å²) in [6.45, 7) is 0. The van der Waals surface area contributed by atoms with Crippen LogP contribution in [-0.2, 0) is 15.8 Å². The van der Waals surface area contributed by atoms with Gasteiger partial charge in [-0.1, -0.05) is 11.8 Å². The van der Waals surface area contributed by atoms with Gasteiger partial charge < -0.3 is 10.8 Å². The molecular formula is C13H11F3N2O3S2. The normalized spacial score (nSPS) is 13.2. The quantitative estimate of drug-likeness (QED) is 0.769. The highest BCUT2D eigenvalue weighted by Gasteiger charge is 2.30. The van der Waals surface area contributed by atoms with Gasteiger partial charge in [-0.2, -0.15) is 13.2 Å². The molecule has 1 unspecified atom stereocenters. The molecule has 0 aliphatic rings. The zero-order chi connectivity index (χ0) is 17.2. The Hall–Kier alpha value is -1.81. The molecule has 124 valence electrons. The molecule has 0 saturated heterocycles. The van der Waals surface area contributed by atoms with Crippen LogP contribution in [0.4, 0.5) is 13.2 Å². The number of aliphatic carboxylic acids is 1. The van der Waals surface area contributed by atoms with Crippen molar-refractivity contribution in [2.75, 3.05) is 5.75 Å². The van der Waals surface area contributed by atoms with Gasteiger partial charge in [0.05, 0.1) is 21.7 Å². The highest BCUT2D eigenvalue weighted by molar-refractivity contribution is 8.01. The topological polar surface area (TPSA) is 93.3 Å². The maximum atomic E-state index is 12.7. The van der Waals surface area contributed by atoms with Crippen LogP contribution in [0.25, 0.3) is 10.2 Å². The third kappa shape index (κ3) is 4.58. The van der Waals surface area contributed by atoms with E-state index >= 15 is 0 Å². The van der Waals surface area contributed by atoms with E-state index in [1.54, 1.807) is 0 Å². The lowest BCUT2D eigenvalue weighted by atomic mass is 10.1. The molecule has 0 aliphatic carbocycles. The number of fused-ring (bicyclic) bond motifs is 1. The summed E-state index contributed by atoms with van der Waals surface area (Å²) in [6, 6.07) is 3.23. The van der Waals surface area contributed by atoms with Gasteiger partial charge in [-0.3, -0.25) is 9.59 Å². The van der Waals surface area contributed by atoms with Gasteiger partial charge in [-0.25, -0.2) is 4.98 Å². The number of thioether (sulfide) groups is 1. The van der Waals surface area contributed by atoms with Gasteiger partial charge in [0.2, 0.25) is 5.91 Å². The second-order valence-corrected chi connectivity index (χ2v) is 6.97. The van der Waals surface area contributed by atoms with E-state index < -0.39 is 29.5 Å². The molecule has 5 nitrogen and oxygen atoms in total. The minimum Gasteiger partial charge on any atom is -0.481 e. The molecule has 1 aromatic heterocycles. The number of aromatic nitrogens is 1. The van der Waals surface area contributed by atoms with E-state index in [1.807, 2.05) is 0 Å². The van der Waals surface area contributed by atoms with Crippen molar-refractivity contribution in [1.29, 1.82) is 0 Å².